The Morgan fingerprint density at radius 1 is 1.27 bits per heavy atom. The van der Waals surface area contributed by atoms with Gasteiger partial charge >= 0.3 is 5.97 Å². The van der Waals surface area contributed by atoms with E-state index in [1.165, 1.54) is 7.28 Å². The molecule has 1 aliphatic heterocycles. The zero-order valence-corrected chi connectivity index (χ0v) is 16.4. The number of aliphatic carboxylic acids is 1. The Morgan fingerprint density at radius 3 is 2.83 bits per heavy atom. The van der Waals surface area contributed by atoms with E-state index in [2.05, 4.69) is 15.3 Å². The van der Waals surface area contributed by atoms with Crippen molar-refractivity contribution in [3.8, 4) is 0 Å². The van der Waals surface area contributed by atoms with E-state index in [0.29, 0.717) is 29.9 Å². The zero-order chi connectivity index (χ0) is 21.3. The van der Waals surface area contributed by atoms with Crippen molar-refractivity contribution >= 4 is 41.6 Å². The number of aromatic amines is 1. The van der Waals surface area contributed by atoms with Gasteiger partial charge in [-0.1, -0.05) is 12.1 Å². The van der Waals surface area contributed by atoms with Crippen LogP contribution in [0.3, 0.4) is 0 Å². The highest BCUT2D eigenvalue weighted by Gasteiger charge is 2.26. The number of carboxylic acid groups (broad SMARTS) is 1. The van der Waals surface area contributed by atoms with Gasteiger partial charge in [0.25, 0.3) is 5.91 Å². The molecule has 4 rings (SSSR count). The van der Waals surface area contributed by atoms with Gasteiger partial charge in [0.2, 0.25) is 7.28 Å². The van der Waals surface area contributed by atoms with Crippen molar-refractivity contribution in [1.82, 2.24) is 14.9 Å². The predicted octanol–water partition coefficient (Wildman–Crippen LogP) is 1.83. The molecule has 2 heterocycles. The Balaban J connectivity index is 1.50. The van der Waals surface area contributed by atoms with Crippen LogP contribution < -0.4 is 5.32 Å². The molecule has 0 aliphatic carbocycles. The van der Waals surface area contributed by atoms with Gasteiger partial charge in [-0.25, -0.2) is 4.98 Å². The third-order valence-corrected chi connectivity index (χ3v) is 5.10. The fourth-order valence-electron chi connectivity index (χ4n) is 3.57. The van der Waals surface area contributed by atoms with Crippen LogP contribution in [0, 0.1) is 0 Å². The number of imidazole rings is 1. The first-order valence-corrected chi connectivity index (χ1v) is 9.58. The first-order valence-electron chi connectivity index (χ1n) is 9.58. The highest BCUT2D eigenvalue weighted by atomic mass is 16.4. The molecule has 0 unspecified atom stereocenters. The average Bonchev–Trinajstić information content (AvgIpc) is 3.06. The lowest BCUT2D eigenvalue weighted by Crippen LogP contribution is -2.34. The number of amides is 1. The summed E-state index contributed by atoms with van der Waals surface area (Å²) in [7, 11) is 3.18. The number of para-hydroxylation sites is 2. The second-order valence-corrected chi connectivity index (χ2v) is 7.34. The van der Waals surface area contributed by atoms with E-state index in [0.717, 1.165) is 16.6 Å². The van der Waals surface area contributed by atoms with Gasteiger partial charge in [0.1, 0.15) is 11.5 Å². The number of carboxylic acids is 1. The lowest BCUT2D eigenvalue weighted by atomic mass is 9.65. The van der Waals surface area contributed by atoms with Gasteiger partial charge in [0.05, 0.1) is 30.0 Å². The largest absolute Gasteiger partial charge is 0.481 e. The molecule has 1 aromatic heterocycles. The van der Waals surface area contributed by atoms with E-state index in [1.807, 2.05) is 24.3 Å². The first-order chi connectivity index (χ1) is 14.4. The van der Waals surface area contributed by atoms with Crippen molar-refractivity contribution in [2.45, 2.75) is 25.3 Å². The van der Waals surface area contributed by atoms with E-state index in [-0.39, 0.29) is 18.0 Å². The molecule has 0 fully saturated rings. The van der Waals surface area contributed by atoms with Crippen LogP contribution in [0.15, 0.2) is 42.5 Å². The van der Waals surface area contributed by atoms with Crippen LogP contribution in [0.1, 0.15) is 28.2 Å². The number of fused-ring (bicyclic) bond motifs is 2. The van der Waals surface area contributed by atoms with Crippen LogP contribution in [0.4, 0.5) is 5.69 Å². The SMILES string of the molecule is CN(Cc1nc2ccccc2[nH]1)C(=O)c1ccc2c(c1)C[B]C(=O)[C@@H](CC(=O)O)N2. The van der Waals surface area contributed by atoms with Gasteiger partial charge in [-0.2, -0.15) is 0 Å². The van der Waals surface area contributed by atoms with Crippen molar-refractivity contribution in [1.29, 1.82) is 0 Å². The molecule has 3 aromatic rings. The number of H-pyrrole nitrogens is 1. The molecule has 9 heteroatoms. The number of nitrogens with zero attached hydrogens (tertiary/aromatic N) is 2. The maximum atomic E-state index is 12.9. The molecular formula is C21H20BN4O4. The summed E-state index contributed by atoms with van der Waals surface area (Å²) in [5, 5.41) is 12.0. The Kier molecular flexibility index (Phi) is 5.26. The van der Waals surface area contributed by atoms with E-state index in [4.69, 9.17) is 5.11 Å². The molecule has 3 N–H and O–H groups in total. The van der Waals surface area contributed by atoms with E-state index in [9.17, 15) is 14.4 Å². The molecule has 0 bridgehead atoms. The average molecular weight is 403 g/mol. The van der Waals surface area contributed by atoms with Crippen molar-refractivity contribution in [3.63, 3.8) is 0 Å². The quantitative estimate of drug-likeness (QED) is 0.560. The molecule has 2 aromatic carbocycles. The summed E-state index contributed by atoms with van der Waals surface area (Å²) in [4.78, 5) is 45.4. The molecule has 1 amide bonds. The van der Waals surface area contributed by atoms with Crippen molar-refractivity contribution in [2.75, 3.05) is 12.4 Å². The van der Waals surface area contributed by atoms with Gasteiger partial charge in [-0.05, 0) is 42.2 Å². The molecule has 30 heavy (non-hydrogen) atoms. The summed E-state index contributed by atoms with van der Waals surface area (Å²) in [5.74, 6) is -0.522. The number of nitrogens with one attached hydrogen (secondary N) is 2. The number of hydrogen-bond donors (Lipinski definition) is 3. The monoisotopic (exact) mass is 403 g/mol. The van der Waals surface area contributed by atoms with Crippen LogP contribution in [0.25, 0.3) is 11.0 Å². The molecule has 1 aliphatic rings. The number of benzene rings is 2. The van der Waals surface area contributed by atoms with Crippen LogP contribution in [0.5, 0.6) is 0 Å². The normalized spacial score (nSPS) is 15.6. The van der Waals surface area contributed by atoms with E-state index in [1.54, 1.807) is 30.1 Å². The number of carbonyl (C=O) groups excluding carboxylic acids is 2. The first kappa shape index (κ1) is 19.7. The molecule has 0 saturated heterocycles. The highest BCUT2D eigenvalue weighted by Crippen LogP contribution is 2.23. The van der Waals surface area contributed by atoms with Gasteiger partial charge < -0.3 is 25.1 Å². The third-order valence-electron chi connectivity index (χ3n) is 5.10. The van der Waals surface area contributed by atoms with Crippen LogP contribution in [-0.4, -0.2) is 57.9 Å². The number of rotatable bonds is 5. The van der Waals surface area contributed by atoms with E-state index < -0.39 is 12.0 Å². The topological polar surface area (TPSA) is 115 Å². The van der Waals surface area contributed by atoms with Crippen LogP contribution >= 0.6 is 0 Å². The fraction of sp³-hybridized carbons (Fsp3) is 0.238. The molecule has 151 valence electrons. The smallest absolute Gasteiger partial charge is 0.305 e. The minimum atomic E-state index is -1.04. The van der Waals surface area contributed by atoms with Gasteiger partial charge in [0, 0.05) is 18.3 Å². The lowest BCUT2D eigenvalue weighted by Gasteiger charge is -2.18. The molecule has 1 radical (unpaired) electrons. The number of carbonyl (C=O) groups is 3. The molecule has 1 atom stereocenters. The molecular weight excluding hydrogens is 383 g/mol. The summed E-state index contributed by atoms with van der Waals surface area (Å²) < 4.78 is 0. The Morgan fingerprint density at radius 2 is 2.07 bits per heavy atom. The Labute approximate surface area is 173 Å². The van der Waals surface area contributed by atoms with Gasteiger partial charge in [0.15, 0.2) is 0 Å². The zero-order valence-electron chi connectivity index (χ0n) is 16.4. The predicted molar refractivity (Wildman–Crippen MR) is 112 cm³/mol. The van der Waals surface area contributed by atoms with Crippen molar-refractivity contribution < 1.29 is 19.5 Å². The second-order valence-electron chi connectivity index (χ2n) is 7.34. The Bertz CT molecular complexity index is 1110. The van der Waals surface area contributed by atoms with Crippen molar-refractivity contribution in [3.05, 3.63) is 59.4 Å². The second kappa shape index (κ2) is 8.02. The summed E-state index contributed by atoms with van der Waals surface area (Å²) in [6.45, 7) is 0.328. The standard InChI is InChI=1S/C21H20BN4O4/c1-26(11-18-24-15-4-2-3-5-16(15)25-18)21(30)12-6-7-14-13(8-12)10-22-20(29)17(23-14)9-19(27)28/h2-8,17,23H,9-11H2,1H3,(H,24,25)(H,27,28)/t17-/m1/s1. The fourth-order valence-corrected chi connectivity index (χ4v) is 3.57. The third kappa shape index (κ3) is 4.05. The van der Waals surface area contributed by atoms with Crippen LogP contribution in [0.2, 0.25) is 0 Å². The molecule has 0 spiro atoms. The minimum Gasteiger partial charge on any atom is -0.481 e. The molecule has 8 nitrogen and oxygen atoms in total. The number of anilines is 1. The Hall–Kier alpha value is -3.62. The lowest BCUT2D eigenvalue weighted by molar-refractivity contribution is -0.138. The molecule has 0 saturated carbocycles. The number of hydrogen-bond acceptors (Lipinski definition) is 5. The summed E-state index contributed by atoms with van der Waals surface area (Å²) in [6, 6.07) is 12.0. The van der Waals surface area contributed by atoms with Crippen molar-refractivity contribution in [2.24, 2.45) is 0 Å². The van der Waals surface area contributed by atoms with Crippen LogP contribution in [-0.2, 0) is 22.5 Å². The maximum absolute atomic E-state index is 12.9. The van der Waals surface area contributed by atoms with E-state index >= 15 is 0 Å². The summed E-state index contributed by atoms with van der Waals surface area (Å²) in [5.41, 5.74) is 3.44. The van der Waals surface area contributed by atoms with Gasteiger partial charge in [-0.3, -0.25) is 9.59 Å². The number of aromatic nitrogens is 2. The highest BCUT2D eigenvalue weighted by molar-refractivity contribution is 6.75. The minimum absolute atomic E-state index is 0.170. The summed E-state index contributed by atoms with van der Waals surface area (Å²) >= 11 is 0. The summed E-state index contributed by atoms with van der Waals surface area (Å²) in [6.07, 6.45) is 0.0430. The maximum Gasteiger partial charge on any atom is 0.305 e. The van der Waals surface area contributed by atoms with Gasteiger partial charge in [-0.15, -0.1) is 0 Å².